The van der Waals surface area contributed by atoms with E-state index >= 15 is 0 Å². The molecule has 0 bridgehead atoms. The van der Waals surface area contributed by atoms with Gasteiger partial charge in [-0.2, -0.15) is 13.4 Å². The summed E-state index contributed by atoms with van der Waals surface area (Å²) in [5.41, 5.74) is -0.116. The lowest BCUT2D eigenvalue weighted by atomic mass is 9.90. The number of amides is 1. The average molecular weight is 519 g/mol. The first-order valence-electron chi connectivity index (χ1n) is 10.9. The summed E-state index contributed by atoms with van der Waals surface area (Å²) in [6.07, 6.45) is 2.50. The first-order chi connectivity index (χ1) is 16.5. The van der Waals surface area contributed by atoms with Crippen LogP contribution in [0, 0.1) is 11.7 Å². The van der Waals surface area contributed by atoms with Crippen LogP contribution in [0.3, 0.4) is 0 Å². The largest absolute Gasteiger partial charge is 0.439 e. The van der Waals surface area contributed by atoms with E-state index in [9.17, 15) is 17.6 Å². The zero-order chi connectivity index (χ0) is 25.4. The Hall–Kier alpha value is -3.24. The Morgan fingerprint density at radius 3 is 2.69 bits per heavy atom. The molecule has 35 heavy (non-hydrogen) atoms. The number of hydrogen-bond donors (Lipinski definition) is 1. The molecule has 1 unspecified atom stereocenters. The molecule has 1 aliphatic rings. The normalized spacial score (nSPS) is 17.3. The van der Waals surface area contributed by atoms with Gasteiger partial charge in [-0.25, -0.2) is 14.1 Å². The van der Waals surface area contributed by atoms with E-state index in [0.717, 1.165) is 18.6 Å². The van der Waals surface area contributed by atoms with Crippen LogP contribution in [-0.4, -0.2) is 36.4 Å². The van der Waals surface area contributed by atoms with Crippen LogP contribution >= 0.6 is 11.6 Å². The Morgan fingerprint density at radius 2 is 2.00 bits per heavy atom. The van der Waals surface area contributed by atoms with Crippen LogP contribution in [0.1, 0.15) is 37.6 Å². The number of ether oxygens (including phenoxy) is 1. The summed E-state index contributed by atoms with van der Waals surface area (Å²) in [5.74, 6) is -0.730. The average Bonchev–Trinajstić information content (AvgIpc) is 3.05. The highest BCUT2D eigenvalue weighted by Gasteiger charge is 2.40. The van der Waals surface area contributed by atoms with Gasteiger partial charge in [-0.3, -0.25) is 4.79 Å². The van der Waals surface area contributed by atoms with Gasteiger partial charge in [0.25, 0.3) is 15.9 Å². The van der Waals surface area contributed by atoms with Gasteiger partial charge in [0, 0.05) is 35.4 Å². The molecular weight excluding hydrogens is 495 g/mol. The number of carbonyl (C=O) groups excluding carboxylic acids is 1. The third-order valence-electron chi connectivity index (χ3n) is 6.23. The molecule has 184 valence electrons. The second-order valence-corrected chi connectivity index (χ2v) is 10.9. The standard InChI is InChI=1S/C24H24ClFN4O4S/c1-15-9-11-30(24(15,2)3)22-19(6-5-10-27-22)23(31)29-35(32,33)21-8-4-7-20(28-21)34-18-13-16(25)12-17(26)14-18/h4-8,10,12-15H,9,11H2,1-3H3,(H,29,31). The molecule has 4 rings (SSSR count). The van der Waals surface area contributed by atoms with Crippen molar-refractivity contribution in [3.05, 3.63) is 71.1 Å². The fourth-order valence-electron chi connectivity index (χ4n) is 3.94. The lowest BCUT2D eigenvalue weighted by Crippen LogP contribution is -2.43. The number of rotatable bonds is 6. The highest BCUT2D eigenvalue weighted by molar-refractivity contribution is 7.90. The van der Waals surface area contributed by atoms with Crippen molar-refractivity contribution in [2.45, 2.75) is 37.8 Å². The topological polar surface area (TPSA) is 101 Å². The summed E-state index contributed by atoms with van der Waals surface area (Å²) in [4.78, 5) is 23.5. The van der Waals surface area contributed by atoms with Crippen LogP contribution in [0.25, 0.3) is 0 Å². The number of benzene rings is 1. The molecule has 1 aliphatic heterocycles. The summed E-state index contributed by atoms with van der Waals surface area (Å²) in [6, 6.07) is 10.7. The molecule has 0 spiro atoms. The Bertz CT molecular complexity index is 1360. The maximum Gasteiger partial charge on any atom is 0.281 e. The van der Waals surface area contributed by atoms with E-state index in [4.69, 9.17) is 16.3 Å². The molecule has 11 heteroatoms. The van der Waals surface area contributed by atoms with Crippen molar-refractivity contribution in [3.63, 3.8) is 0 Å². The minimum Gasteiger partial charge on any atom is -0.439 e. The highest BCUT2D eigenvalue weighted by Crippen LogP contribution is 2.38. The number of nitrogens with one attached hydrogen (secondary N) is 1. The number of sulfonamides is 1. The third-order valence-corrected chi connectivity index (χ3v) is 7.68. The lowest BCUT2D eigenvalue weighted by molar-refractivity contribution is 0.0981. The number of hydrogen-bond acceptors (Lipinski definition) is 7. The van der Waals surface area contributed by atoms with Gasteiger partial charge in [0.2, 0.25) is 5.88 Å². The minimum atomic E-state index is -4.36. The SMILES string of the molecule is CC1CCN(c2ncccc2C(=O)NS(=O)(=O)c2cccc(Oc3cc(F)cc(Cl)c3)n2)C1(C)C. The van der Waals surface area contributed by atoms with Gasteiger partial charge < -0.3 is 9.64 Å². The van der Waals surface area contributed by atoms with Crippen molar-refractivity contribution >= 4 is 33.3 Å². The zero-order valence-corrected chi connectivity index (χ0v) is 20.9. The van der Waals surface area contributed by atoms with Crippen molar-refractivity contribution in [2.75, 3.05) is 11.4 Å². The Kier molecular flexibility index (Phi) is 6.70. The van der Waals surface area contributed by atoms with Crippen LogP contribution in [-0.2, 0) is 10.0 Å². The summed E-state index contributed by atoms with van der Waals surface area (Å²) in [6.45, 7) is 6.97. The molecule has 1 atom stereocenters. The van der Waals surface area contributed by atoms with Gasteiger partial charge in [0.15, 0.2) is 5.03 Å². The third kappa shape index (κ3) is 5.23. The quantitative estimate of drug-likeness (QED) is 0.500. The van der Waals surface area contributed by atoms with E-state index in [0.29, 0.717) is 18.3 Å². The summed E-state index contributed by atoms with van der Waals surface area (Å²) >= 11 is 5.83. The number of halogens is 2. The Morgan fingerprint density at radius 1 is 1.23 bits per heavy atom. The van der Waals surface area contributed by atoms with E-state index < -0.39 is 26.8 Å². The van der Waals surface area contributed by atoms with E-state index in [1.165, 1.54) is 30.3 Å². The summed E-state index contributed by atoms with van der Waals surface area (Å²) in [5, 5.41) is -0.328. The maximum absolute atomic E-state index is 13.6. The maximum atomic E-state index is 13.6. The number of carbonyl (C=O) groups is 1. The number of pyridine rings is 2. The molecule has 2 aromatic heterocycles. The summed E-state index contributed by atoms with van der Waals surface area (Å²) < 4.78 is 47.1. The first-order valence-corrected chi connectivity index (χ1v) is 12.7. The predicted molar refractivity (Wildman–Crippen MR) is 130 cm³/mol. The smallest absolute Gasteiger partial charge is 0.281 e. The Labute approximate surface area is 208 Å². The fourth-order valence-corrected chi connectivity index (χ4v) is 5.08. The molecule has 8 nitrogen and oxygen atoms in total. The van der Waals surface area contributed by atoms with Crippen LogP contribution in [0.15, 0.2) is 59.8 Å². The number of aromatic nitrogens is 2. The molecule has 1 amide bonds. The number of anilines is 1. The second-order valence-electron chi connectivity index (χ2n) is 8.83. The van der Waals surface area contributed by atoms with Gasteiger partial charge in [0.1, 0.15) is 17.4 Å². The minimum absolute atomic E-state index is 0.0449. The Balaban J connectivity index is 1.58. The molecule has 3 heterocycles. The van der Waals surface area contributed by atoms with Gasteiger partial charge >= 0.3 is 0 Å². The van der Waals surface area contributed by atoms with Crippen LogP contribution < -0.4 is 14.4 Å². The molecule has 0 saturated carbocycles. The molecule has 0 aliphatic carbocycles. The van der Waals surface area contributed by atoms with E-state index in [2.05, 4.69) is 35.5 Å². The molecule has 1 fully saturated rings. The lowest BCUT2D eigenvalue weighted by Gasteiger charge is -2.36. The van der Waals surface area contributed by atoms with Crippen molar-refractivity contribution in [1.29, 1.82) is 0 Å². The van der Waals surface area contributed by atoms with Crippen molar-refractivity contribution in [1.82, 2.24) is 14.7 Å². The van der Waals surface area contributed by atoms with Crippen LogP contribution in [0.2, 0.25) is 5.02 Å². The monoisotopic (exact) mass is 518 g/mol. The van der Waals surface area contributed by atoms with Crippen molar-refractivity contribution < 1.29 is 22.3 Å². The molecule has 0 radical (unpaired) electrons. The van der Waals surface area contributed by atoms with E-state index in [-0.39, 0.29) is 27.8 Å². The van der Waals surface area contributed by atoms with Gasteiger partial charge in [-0.1, -0.05) is 24.6 Å². The zero-order valence-electron chi connectivity index (χ0n) is 19.3. The fraction of sp³-hybridized carbons (Fsp3) is 0.292. The second kappa shape index (κ2) is 9.43. The van der Waals surface area contributed by atoms with E-state index in [1.807, 2.05) is 4.90 Å². The van der Waals surface area contributed by atoms with Crippen molar-refractivity contribution in [3.8, 4) is 11.6 Å². The molecule has 1 N–H and O–H groups in total. The number of nitrogens with zero attached hydrogens (tertiary/aromatic N) is 3. The van der Waals surface area contributed by atoms with Gasteiger partial charge in [0.05, 0.1) is 5.56 Å². The summed E-state index contributed by atoms with van der Waals surface area (Å²) in [7, 11) is -4.36. The molecule has 3 aromatic rings. The first kappa shape index (κ1) is 24.9. The van der Waals surface area contributed by atoms with Gasteiger partial charge in [-0.15, -0.1) is 0 Å². The van der Waals surface area contributed by atoms with Crippen LogP contribution in [0.5, 0.6) is 11.6 Å². The van der Waals surface area contributed by atoms with Crippen LogP contribution in [0.4, 0.5) is 10.2 Å². The van der Waals surface area contributed by atoms with Crippen molar-refractivity contribution in [2.24, 2.45) is 5.92 Å². The molecule has 1 aromatic carbocycles. The molecular formula is C24H24ClFN4O4S. The van der Waals surface area contributed by atoms with Gasteiger partial charge in [-0.05, 0) is 56.5 Å². The van der Waals surface area contributed by atoms with E-state index in [1.54, 1.807) is 12.3 Å². The predicted octanol–water partition coefficient (Wildman–Crippen LogP) is 4.80. The highest BCUT2D eigenvalue weighted by atomic mass is 35.5. The molecule has 1 saturated heterocycles.